The van der Waals surface area contributed by atoms with Gasteiger partial charge in [0, 0.05) is 5.92 Å². The zero-order chi connectivity index (χ0) is 26.6. The minimum atomic E-state index is -3.79. The molecule has 1 saturated heterocycles. The molecule has 0 saturated carbocycles. The van der Waals surface area contributed by atoms with Crippen molar-refractivity contribution in [2.45, 2.75) is 36.9 Å². The Hall–Kier alpha value is -3.43. The fourth-order valence-corrected chi connectivity index (χ4v) is 5.40. The lowest BCUT2D eigenvalue weighted by Gasteiger charge is -2.24. The van der Waals surface area contributed by atoms with E-state index >= 15 is 0 Å². The molecular formula is C22H29N7O7S. The molecule has 1 aliphatic heterocycles. The first-order valence-electron chi connectivity index (χ1n) is 11.4. The molecule has 15 heteroatoms. The van der Waals surface area contributed by atoms with Gasteiger partial charge in [-0.25, -0.2) is 18.4 Å². The summed E-state index contributed by atoms with van der Waals surface area (Å²) in [6.07, 6.45) is 3.68. The maximum absolute atomic E-state index is 13.6. The first-order valence-corrected chi connectivity index (χ1v) is 13.2. The third-order valence-corrected chi connectivity index (χ3v) is 8.32. The van der Waals surface area contributed by atoms with E-state index in [4.69, 9.17) is 23.7 Å². The van der Waals surface area contributed by atoms with Gasteiger partial charge in [0.1, 0.15) is 24.0 Å². The fourth-order valence-electron chi connectivity index (χ4n) is 3.85. The summed E-state index contributed by atoms with van der Waals surface area (Å²) in [5.41, 5.74) is 0.256. The lowest BCUT2D eigenvalue weighted by molar-refractivity contribution is -0.0942. The van der Waals surface area contributed by atoms with E-state index in [1.807, 2.05) is 0 Å². The Morgan fingerprint density at radius 1 is 1.00 bits per heavy atom. The van der Waals surface area contributed by atoms with Gasteiger partial charge in [-0.15, -0.1) is 10.2 Å². The highest BCUT2D eigenvalue weighted by atomic mass is 32.2. The number of hydrogen-bond donors (Lipinski definition) is 0. The van der Waals surface area contributed by atoms with Gasteiger partial charge in [-0.05, 0) is 6.92 Å². The molecule has 0 aliphatic carbocycles. The number of nitrogens with zero attached hydrogens (tertiary/aromatic N) is 7. The van der Waals surface area contributed by atoms with E-state index in [9.17, 15) is 8.42 Å². The molecule has 0 N–H and O–H groups in total. The summed E-state index contributed by atoms with van der Waals surface area (Å²) >= 11 is 0. The van der Waals surface area contributed by atoms with Gasteiger partial charge in [0.05, 0.1) is 58.8 Å². The number of methoxy groups -OCH3 is 3. The van der Waals surface area contributed by atoms with E-state index in [0.29, 0.717) is 30.6 Å². The molecule has 3 atom stereocenters. The fraction of sp³-hybridized carbons (Fsp3) is 0.545. The number of ether oxygens (including phenoxy) is 5. The Morgan fingerprint density at radius 2 is 1.68 bits per heavy atom. The van der Waals surface area contributed by atoms with E-state index < -0.39 is 32.9 Å². The van der Waals surface area contributed by atoms with Crippen molar-refractivity contribution in [3.8, 4) is 23.2 Å². The predicted molar refractivity (Wildman–Crippen MR) is 129 cm³/mol. The molecule has 0 aromatic carbocycles. The molecule has 0 unspecified atom stereocenters. The third-order valence-electron chi connectivity index (χ3n) is 6.12. The highest BCUT2D eigenvalue weighted by molar-refractivity contribution is 7.91. The van der Waals surface area contributed by atoms with Crippen molar-refractivity contribution in [1.29, 1.82) is 0 Å². The van der Waals surface area contributed by atoms with E-state index in [1.165, 1.54) is 44.6 Å². The summed E-state index contributed by atoms with van der Waals surface area (Å²) in [7, 11) is 0.583. The van der Waals surface area contributed by atoms with Gasteiger partial charge >= 0.3 is 0 Å². The van der Waals surface area contributed by atoms with Crippen LogP contribution in [0.15, 0.2) is 18.7 Å². The van der Waals surface area contributed by atoms with Crippen LogP contribution >= 0.6 is 0 Å². The summed E-state index contributed by atoms with van der Waals surface area (Å²) in [4.78, 5) is 16.8. The molecule has 14 nitrogen and oxygen atoms in total. The van der Waals surface area contributed by atoms with Gasteiger partial charge in [-0.1, -0.05) is 6.92 Å². The van der Waals surface area contributed by atoms with Crippen molar-refractivity contribution in [1.82, 2.24) is 34.7 Å². The average Bonchev–Trinajstić information content (AvgIpc) is 3.34. The lowest BCUT2D eigenvalue weighted by Crippen LogP contribution is -2.28. The summed E-state index contributed by atoms with van der Waals surface area (Å²) in [5.74, 6) is 0.635. The van der Waals surface area contributed by atoms with Gasteiger partial charge in [-0.2, -0.15) is 9.97 Å². The van der Waals surface area contributed by atoms with Gasteiger partial charge in [0.2, 0.25) is 11.8 Å². The van der Waals surface area contributed by atoms with Gasteiger partial charge < -0.3 is 23.7 Å². The van der Waals surface area contributed by atoms with Crippen LogP contribution in [0.3, 0.4) is 0 Å². The molecule has 1 aliphatic rings. The molecule has 3 aromatic heterocycles. The second-order valence-corrected chi connectivity index (χ2v) is 10.6. The molecule has 4 rings (SSSR count). The second-order valence-electron chi connectivity index (χ2n) is 8.27. The SMILES string of the molecule is COc1cnc([C@@H](C)[C@H](C)S(=O)(=O)Cc2nnc([C@H]3COCCO3)n2-c2c(OC)ncnc2OC)nc1. The van der Waals surface area contributed by atoms with Crippen LogP contribution in [-0.2, 0) is 25.1 Å². The number of aromatic nitrogens is 7. The minimum absolute atomic E-state index is 0.116. The first kappa shape index (κ1) is 26.6. The molecule has 200 valence electrons. The lowest BCUT2D eigenvalue weighted by atomic mass is 10.1. The van der Waals surface area contributed by atoms with E-state index in [0.717, 1.165) is 0 Å². The Labute approximate surface area is 214 Å². The van der Waals surface area contributed by atoms with Crippen molar-refractivity contribution in [3.63, 3.8) is 0 Å². The molecule has 37 heavy (non-hydrogen) atoms. The zero-order valence-electron chi connectivity index (χ0n) is 21.2. The van der Waals surface area contributed by atoms with Crippen LogP contribution in [0.4, 0.5) is 0 Å². The highest BCUT2D eigenvalue weighted by Gasteiger charge is 2.35. The number of sulfone groups is 1. The van der Waals surface area contributed by atoms with Gasteiger partial charge in [0.25, 0.3) is 0 Å². The van der Waals surface area contributed by atoms with E-state index in [2.05, 4.69) is 30.1 Å². The predicted octanol–water partition coefficient (Wildman–Crippen LogP) is 1.07. The standard InChI is InChI=1S/C22H29N7O7S/c1-13(19-23-8-15(32-3)9-24-19)14(2)37(30,31)11-17-27-28-20(16-10-35-6-7-36-16)29(17)18-21(33-4)25-12-26-22(18)34-5/h8-9,12-14,16H,6-7,10-11H2,1-5H3/t13-,14-,16+/m0/s1. The molecule has 1 fully saturated rings. The Bertz CT molecular complexity index is 1290. The van der Waals surface area contributed by atoms with Crippen LogP contribution < -0.4 is 14.2 Å². The van der Waals surface area contributed by atoms with Crippen LogP contribution in [0.25, 0.3) is 5.69 Å². The maximum atomic E-state index is 13.6. The monoisotopic (exact) mass is 535 g/mol. The molecule has 0 amide bonds. The Balaban J connectivity index is 1.74. The smallest absolute Gasteiger partial charge is 0.245 e. The largest absolute Gasteiger partial charge is 0.494 e. The summed E-state index contributed by atoms with van der Waals surface area (Å²) in [5, 5.41) is 7.65. The second kappa shape index (κ2) is 11.3. The minimum Gasteiger partial charge on any atom is -0.494 e. The maximum Gasteiger partial charge on any atom is 0.245 e. The van der Waals surface area contributed by atoms with Crippen LogP contribution in [0, 0.1) is 0 Å². The highest BCUT2D eigenvalue weighted by Crippen LogP contribution is 2.34. The topological polar surface area (TPSA) is 163 Å². The average molecular weight is 536 g/mol. The molecule has 0 spiro atoms. The van der Waals surface area contributed by atoms with Crippen molar-refractivity contribution in [2.24, 2.45) is 0 Å². The number of rotatable bonds is 10. The Kier molecular flexibility index (Phi) is 8.14. The van der Waals surface area contributed by atoms with E-state index in [-0.39, 0.29) is 29.9 Å². The van der Waals surface area contributed by atoms with Crippen molar-refractivity contribution in [2.75, 3.05) is 41.2 Å². The molecule has 0 bridgehead atoms. The van der Waals surface area contributed by atoms with Crippen molar-refractivity contribution >= 4 is 9.84 Å². The quantitative estimate of drug-likeness (QED) is 0.362. The van der Waals surface area contributed by atoms with Crippen LogP contribution in [0.2, 0.25) is 0 Å². The zero-order valence-corrected chi connectivity index (χ0v) is 22.0. The summed E-state index contributed by atoms with van der Waals surface area (Å²) in [6, 6.07) is 0. The van der Waals surface area contributed by atoms with E-state index in [1.54, 1.807) is 13.8 Å². The van der Waals surface area contributed by atoms with Crippen molar-refractivity contribution in [3.05, 3.63) is 36.2 Å². The normalized spacial score (nSPS) is 17.7. The number of hydrogen-bond acceptors (Lipinski definition) is 13. The third kappa shape index (κ3) is 5.47. The Morgan fingerprint density at radius 3 is 2.24 bits per heavy atom. The van der Waals surface area contributed by atoms with Gasteiger partial charge in [0.15, 0.2) is 32.9 Å². The summed E-state index contributed by atoms with van der Waals surface area (Å²) in [6.45, 7) is 4.37. The first-order chi connectivity index (χ1) is 17.8. The summed E-state index contributed by atoms with van der Waals surface area (Å²) < 4.78 is 56.1. The van der Waals surface area contributed by atoms with Crippen LogP contribution in [0.5, 0.6) is 17.5 Å². The molecule has 0 radical (unpaired) electrons. The molecule has 4 heterocycles. The van der Waals surface area contributed by atoms with Crippen molar-refractivity contribution < 1.29 is 32.1 Å². The molecular weight excluding hydrogens is 506 g/mol. The van der Waals surface area contributed by atoms with Crippen LogP contribution in [0.1, 0.15) is 43.3 Å². The van der Waals surface area contributed by atoms with Crippen LogP contribution in [-0.4, -0.2) is 89.5 Å². The van der Waals surface area contributed by atoms with Gasteiger partial charge in [-0.3, -0.25) is 4.57 Å². The molecule has 3 aromatic rings.